The van der Waals surface area contributed by atoms with Crippen molar-refractivity contribution in [1.29, 1.82) is 0 Å². The summed E-state index contributed by atoms with van der Waals surface area (Å²) >= 11 is 2.19. The van der Waals surface area contributed by atoms with E-state index in [1.54, 1.807) is 0 Å². The second kappa shape index (κ2) is 6.88. The fourth-order valence-electron chi connectivity index (χ4n) is 0.796. The molecule has 0 aromatic heterocycles. The topological polar surface area (TPSA) is 27.7 Å². The van der Waals surface area contributed by atoms with Crippen LogP contribution < -0.4 is 0 Å². The maximum absolute atomic E-state index is 5.44. The molecule has 0 aromatic carbocycles. The smallest absolute Gasteiger partial charge is 0.369 e. The molecule has 0 spiro atoms. The first-order chi connectivity index (χ1) is 5.56. The Bertz CT molecular complexity index is 96.5. The summed E-state index contributed by atoms with van der Waals surface area (Å²) in [4.78, 5) is 0. The van der Waals surface area contributed by atoms with Crippen LogP contribution in [0.4, 0.5) is 0 Å². The molecule has 0 saturated heterocycles. The second-order valence-corrected chi connectivity index (χ2v) is 3.47. The highest BCUT2D eigenvalue weighted by Gasteiger charge is 2.11. The van der Waals surface area contributed by atoms with Gasteiger partial charge in [0.1, 0.15) is 0 Å². The minimum absolute atomic E-state index is 0.161. The van der Waals surface area contributed by atoms with Crippen molar-refractivity contribution >= 4 is 16.6 Å². The Morgan fingerprint density at radius 2 is 1.42 bits per heavy atom. The molecule has 3 nitrogen and oxygen atoms in total. The average Bonchev–Trinajstić information content (AvgIpc) is 1.84. The van der Waals surface area contributed by atoms with Crippen LogP contribution in [0.2, 0.25) is 0 Å². The van der Waals surface area contributed by atoms with Crippen molar-refractivity contribution in [1.82, 2.24) is 0 Å². The zero-order chi connectivity index (χ0) is 9.56. The molecule has 0 aliphatic heterocycles. The van der Waals surface area contributed by atoms with Crippen LogP contribution >= 0.6 is 0 Å². The van der Waals surface area contributed by atoms with E-state index in [0.717, 1.165) is 0 Å². The molecule has 0 rings (SSSR count). The Morgan fingerprint density at radius 1 is 1.00 bits per heavy atom. The Hall–Kier alpha value is 0.412. The van der Waals surface area contributed by atoms with Gasteiger partial charge in [-0.1, -0.05) is 0 Å². The van der Waals surface area contributed by atoms with Crippen LogP contribution in [0.5, 0.6) is 0 Å². The minimum atomic E-state index is -0.262. The maximum atomic E-state index is 5.44. The van der Waals surface area contributed by atoms with Gasteiger partial charge in [-0.15, -0.1) is 0 Å². The van der Waals surface area contributed by atoms with E-state index in [-0.39, 0.29) is 18.5 Å². The molecule has 2 radical (unpaired) electrons. The lowest BCUT2D eigenvalue weighted by Gasteiger charge is -2.22. The summed E-state index contributed by atoms with van der Waals surface area (Å²) in [6, 6.07) is 0. The molecule has 4 heteroatoms. The van der Waals surface area contributed by atoms with E-state index >= 15 is 0 Å². The van der Waals surface area contributed by atoms with Gasteiger partial charge in [-0.25, -0.2) is 0 Å². The van der Waals surface area contributed by atoms with Crippen molar-refractivity contribution < 1.29 is 13.3 Å². The molecule has 12 heavy (non-hydrogen) atoms. The number of rotatable bonds is 6. The van der Waals surface area contributed by atoms with E-state index < -0.39 is 0 Å². The molecule has 0 saturated carbocycles. The fraction of sp³-hybridized carbons (Fsp3) is 1.00. The molecule has 0 heterocycles. The molecular formula is C8H17AlO3. The molecule has 0 atom stereocenters. The molecule has 0 aliphatic carbocycles. The molecule has 0 aromatic rings. The highest BCUT2D eigenvalue weighted by atomic mass is 27.1. The van der Waals surface area contributed by atoms with Crippen LogP contribution in [-0.4, -0.2) is 41.7 Å². The van der Waals surface area contributed by atoms with Gasteiger partial charge in [0.05, 0.1) is 18.8 Å². The van der Waals surface area contributed by atoms with Gasteiger partial charge in [-0.2, -0.15) is 0 Å². The summed E-state index contributed by atoms with van der Waals surface area (Å²) in [5.74, 6) is 0. The summed E-state index contributed by atoms with van der Waals surface area (Å²) in [6.07, 6.45) is 0.0605. The van der Waals surface area contributed by atoms with Crippen LogP contribution in [0, 0.1) is 0 Å². The summed E-state index contributed by atoms with van der Waals surface area (Å²) in [5.41, 5.74) is 0. The van der Waals surface area contributed by atoms with Gasteiger partial charge in [-0.05, 0) is 27.7 Å². The van der Waals surface area contributed by atoms with Gasteiger partial charge in [0.2, 0.25) is 0 Å². The summed E-state index contributed by atoms with van der Waals surface area (Å²) < 4.78 is 15.8. The first-order valence-corrected chi connectivity index (χ1v) is 4.66. The van der Waals surface area contributed by atoms with Crippen molar-refractivity contribution in [3.8, 4) is 0 Å². The zero-order valence-corrected chi connectivity index (χ0v) is 9.40. The van der Waals surface area contributed by atoms with Crippen LogP contribution in [-0.2, 0) is 13.3 Å². The molecule has 0 amide bonds. The van der Waals surface area contributed by atoms with Crippen molar-refractivity contribution in [2.24, 2.45) is 0 Å². The van der Waals surface area contributed by atoms with Crippen molar-refractivity contribution in [2.45, 2.75) is 46.2 Å². The van der Waals surface area contributed by atoms with Gasteiger partial charge in [0.15, 0.2) is 6.29 Å². The normalized spacial score (nSPS) is 11.9. The largest absolute Gasteiger partial charge is 0.512 e. The van der Waals surface area contributed by atoms with Crippen LogP contribution in [0.25, 0.3) is 0 Å². The van der Waals surface area contributed by atoms with Crippen LogP contribution in [0.1, 0.15) is 27.7 Å². The third-order valence-corrected chi connectivity index (χ3v) is 1.27. The van der Waals surface area contributed by atoms with E-state index in [9.17, 15) is 0 Å². The molecule has 70 valence electrons. The Kier molecular flexibility index (Phi) is 7.11. The minimum Gasteiger partial charge on any atom is -0.512 e. The number of hydrogen-bond donors (Lipinski definition) is 0. The van der Waals surface area contributed by atoms with Gasteiger partial charge in [0, 0.05) is 0 Å². The van der Waals surface area contributed by atoms with Crippen molar-refractivity contribution in [3.05, 3.63) is 0 Å². The molecule has 0 N–H and O–H groups in total. The molecule has 0 unspecified atom stereocenters. The lowest BCUT2D eigenvalue weighted by Crippen LogP contribution is -2.28. The van der Waals surface area contributed by atoms with Gasteiger partial charge < -0.3 is 13.3 Å². The molecule has 0 aliphatic rings. The Morgan fingerprint density at radius 3 is 1.67 bits per heavy atom. The number of hydrogen-bond acceptors (Lipinski definition) is 3. The highest BCUT2D eigenvalue weighted by molar-refractivity contribution is 5.97. The maximum Gasteiger partial charge on any atom is 0.369 e. The van der Waals surface area contributed by atoms with Crippen molar-refractivity contribution in [3.63, 3.8) is 0 Å². The van der Waals surface area contributed by atoms with Crippen molar-refractivity contribution in [2.75, 3.05) is 6.61 Å². The Labute approximate surface area is 83.1 Å². The molecule has 0 bridgehead atoms. The van der Waals surface area contributed by atoms with Crippen LogP contribution in [0.15, 0.2) is 0 Å². The first kappa shape index (κ1) is 12.4. The third-order valence-electron chi connectivity index (χ3n) is 1.08. The zero-order valence-electron chi connectivity index (χ0n) is 8.24. The second-order valence-electron chi connectivity index (χ2n) is 3.13. The van der Waals surface area contributed by atoms with E-state index in [1.165, 1.54) is 0 Å². The van der Waals surface area contributed by atoms with E-state index in [2.05, 4.69) is 16.6 Å². The van der Waals surface area contributed by atoms with Gasteiger partial charge >= 0.3 is 16.6 Å². The first-order valence-electron chi connectivity index (χ1n) is 4.18. The number of ether oxygens (including phenoxy) is 2. The SMILES string of the molecule is CC(C)OC(C[O][Al])OC(C)C. The standard InChI is InChI=1S/C8H17O3.Al/c1-6(2)10-8(5-9)11-7(3)4;/h6-8H,5H2,1-4H3;/q-1;+1. The lowest BCUT2D eigenvalue weighted by atomic mass is 10.4. The predicted octanol–water partition coefficient (Wildman–Crippen LogP) is 1.26. The molecule has 0 fully saturated rings. The third kappa shape index (κ3) is 7.08. The summed E-state index contributed by atoms with van der Waals surface area (Å²) in [6.45, 7) is 8.33. The quantitative estimate of drug-likeness (QED) is 0.464. The van der Waals surface area contributed by atoms with E-state index in [1.807, 2.05) is 27.7 Å². The monoisotopic (exact) mass is 188 g/mol. The lowest BCUT2D eigenvalue weighted by molar-refractivity contribution is -0.193. The van der Waals surface area contributed by atoms with Gasteiger partial charge in [-0.3, -0.25) is 0 Å². The van der Waals surface area contributed by atoms with Gasteiger partial charge in [0.25, 0.3) is 0 Å². The summed E-state index contributed by atoms with van der Waals surface area (Å²) in [7, 11) is 0. The predicted molar refractivity (Wildman–Crippen MR) is 47.9 cm³/mol. The van der Waals surface area contributed by atoms with Crippen LogP contribution in [0.3, 0.4) is 0 Å². The average molecular weight is 188 g/mol. The van der Waals surface area contributed by atoms with E-state index in [4.69, 9.17) is 13.3 Å². The fourth-order valence-corrected chi connectivity index (χ4v) is 0.953. The van der Waals surface area contributed by atoms with E-state index in [0.29, 0.717) is 6.61 Å². The highest BCUT2D eigenvalue weighted by Crippen LogP contribution is 2.03. The summed E-state index contributed by atoms with van der Waals surface area (Å²) in [5, 5.41) is 0. The Balaban J connectivity index is 3.69. The molecular weight excluding hydrogens is 171 g/mol.